The van der Waals surface area contributed by atoms with Crippen molar-refractivity contribution in [2.75, 3.05) is 19.8 Å². The van der Waals surface area contributed by atoms with Crippen molar-refractivity contribution >= 4 is 27.6 Å². The van der Waals surface area contributed by atoms with Gasteiger partial charge in [0, 0.05) is 11.6 Å². The highest BCUT2D eigenvalue weighted by atomic mass is 35.5. The Morgan fingerprint density at radius 3 is 2.96 bits per heavy atom. The summed E-state index contributed by atoms with van der Waals surface area (Å²) in [5.41, 5.74) is 0.570. The maximum Gasteiger partial charge on any atom is 0.329 e. The van der Waals surface area contributed by atoms with Gasteiger partial charge >= 0.3 is 5.97 Å². The van der Waals surface area contributed by atoms with Gasteiger partial charge in [-0.25, -0.2) is 17.9 Å². The van der Waals surface area contributed by atoms with Gasteiger partial charge in [0.05, 0.1) is 24.5 Å². The van der Waals surface area contributed by atoms with Gasteiger partial charge in [0.2, 0.25) is 10.0 Å². The van der Waals surface area contributed by atoms with Crippen LogP contribution in [-0.2, 0) is 30.0 Å². The van der Waals surface area contributed by atoms with Crippen molar-refractivity contribution < 1.29 is 27.8 Å². The molecule has 0 amide bonds. The molecule has 1 aliphatic rings. The average Bonchev–Trinajstić information content (AvgIpc) is 2.45. The molecular formula is C14H18ClNO6S. The molecule has 1 aromatic carbocycles. The van der Waals surface area contributed by atoms with E-state index in [1.54, 1.807) is 24.3 Å². The summed E-state index contributed by atoms with van der Waals surface area (Å²) >= 11 is 5.85. The second-order valence-corrected chi connectivity index (χ2v) is 7.41. The number of hydrogen-bond donors (Lipinski definition) is 2. The maximum absolute atomic E-state index is 12.3. The van der Waals surface area contributed by atoms with E-state index in [9.17, 15) is 13.2 Å². The van der Waals surface area contributed by atoms with Crippen molar-refractivity contribution in [1.82, 2.24) is 4.72 Å². The molecule has 1 saturated heterocycles. The Hall–Kier alpha value is -1.19. The smallest absolute Gasteiger partial charge is 0.329 e. The zero-order chi connectivity index (χ0) is 16.9. The van der Waals surface area contributed by atoms with Crippen molar-refractivity contribution in [3.8, 4) is 0 Å². The first-order valence-electron chi connectivity index (χ1n) is 7.01. The highest BCUT2D eigenvalue weighted by molar-refractivity contribution is 7.88. The number of halogens is 1. The zero-order valence-electron chi connectivity index (χ0n) is 12.3. The first-order chi connectivity index (χ1) is 10.9. The van der Waals surface area contributed by atoms with Gasteiger partial charge in [0.1, 0.15) is 6.61 Å². The van der Waals surface area contributed by atoms with Gasteiger partial charge in [0.15, 0.2) is 0 Å². The minimum Gasteiger partial charge on any atom is -0.480 e. The van der Waals surface area contributed by atoms with E-state index in [1.807, 2.05) is 0 Å². The molecule has 2 rings (SSSR count). The number of carbonyl (C=O) groups is 1. The normalized spacial score (nSPS) is 22.0. The molecule has 0 bridgehead atoms. The van der Waals surface area contributed by atoms with E-state index in [0.29, 0.717) is 23.6 Å². The molecule has 0 radical (unpaired) electrons. The molecule has 1 aromatic rings. The van der Waals surface area contributed by atoms with Gasteiger partial charge in [-0.2, -0.15) is 0 Å². The summed E-state index contributed by atoms with van der Waals surface area (Å²) in [4.78, 5) is 10.6. The predicted octanol–water partition coefficient (Wildman–Crippen LogP) is 1.02. The third kappa shape index (κ3) is 6.08. The van der Waals surface area contributed by atoms with Crippen LogP contribution in [0.25, 0.3) is 0 Å². The van der Waals surface area contributed by atoms with Crippen LogP contribution in [-0.4, -0.2) is 51.5 Å². The SMILES string of the molecule is O=C(O)CO[C@@H]1COCC[C@H]1NS(=O)(=O)Cc1cccc(Cl)c1. The van der Waals surface area contributed by atoms with Crippen molar-refractivity contribution in [3.05, 3.63) is 34.9 Å². The second-order valence-electron chi connectivity index (χ2n) is 5.22. The van der Waals surface area contributed by atoms with Crippen LogP contribution < -0.4 is 4.72 Å². The topological polar surface area (TPSA) is 102 Å². The van der Waals surface area contributed by atoms with Crippen molar-refractivity contribution in [2.45, 2.75) is 24.3 Å². The number of aliphatic carboxylic acids is 1. The van der Waals surface area contributed by atoms with Crippen LogP contribution in [0.4, 0.5) is 0 Å². The van der Waals surface area contributed by atoms with Gasteiger partial charge < -0.3 is 14.6 Å². The van der Waals surface area contributed by atoms with Gasteiger partial charge in [-0.3, -0.25) is 0 Å². The number of ether oxygens (including phenoxy) is 2. The second kappa shape index (κ2) is 8.07. The highest BCUT2D eigenvalue weighted by Crippen LogP contribution is 2.16. The van der Waals surface area contributed by atoms with Gasteiger partial charge in [0.25, 0.3) is 0 Å². The van der Waals surface area contributed by atoms with Crippen LogP contribution in [0.1, 0.15) is 12.0 Å². The maximum atomic E-state index is 12.3. The van der Waals surface area contributed by atoms with E-state index in [-0.39, 0.29) is 12.4 Å². The number of sulfonamides is 1. The fraction of sp³-hybridized carbons (Fsp3) is 0.500. The minimum atomic E-state index is -3.61. The summed E-state index contributed by atoms with van der Waals surface area (Å²) in [6.45, 7) is 0.0372. The monoisotopic (exact) mass is 363 g/mol. The number of nitrogens with one attached hydrogen (secondary N) is 1. The Morgan fingerprint density at radius 2 is 2.26 bits per heavy atom. The lowest BCUT2D eigenvalue weighted by molar-refractivity contribution is -0.148. The molecule has 1 heterocycles. The summed E-state index contributed by atoms with van der Waals surface area (Å²) in [5.74, 6) is -1.33. The molecular weight excluding hydrogens is 346 g/mol. The summed E-state index contributed by atoms with van der Waals surface area (Å²) in [6, 6.07) is 6.09. The van der Waals surface area contributed by atoms with Crippen molar-refractivity contribution in [3.63, 3.8) is 0 Å². The molecule has 7 nitrogen and oxygen atoms in total. The standard InChI is InChI=1S/C14H18ClNO6S/c15-11-3-1-2-10(6-11)9-23(19,20)16-12-4-5-21-7-13(12)22-8-14(17)18/h1-3,6,12-13,16H,4-5,7-9H2,(H,17,18)/t12-,13-/m1/s1. The van der Waals surface area contributed by atoms with E-state index in [4.69, 9.17) is 26.2 Å². The largest absolute Gasteiger partial charge is 0.480 e. The lowest BCUT2D eigenvalue weighted by Gasteiger charge is -2.31. The summed E-state index contributed by atoms with van der Waals surface area (Å²) in [5, 5.41) is 9.13. The first-order valence-corrected chi connectivity index (χ1v) is 9.04. The van der Waals surface area contributed by atoms with E-state index < -0.39 is 34.7 Å². The molecule has 0 aliphatic carbocycles. The molecule has 0 saturated carbocycles. The molecule has 2 N–H and O–H groups in total. The zero-order valence-corrected chi connectivity index (χ0v) is 13.8. The summed E-state index contributed by atoms with van der Waals surface area (Å²) < 4.78 is 37.6. The van der Waals surface area contributed by atoms with Crippen LogP contribution in [0.2, 0.25) is 5.02 Å². The van der Waals surface area contributed by atoms with Crippen LogP contribution in [0.15, 0.2) is 24.3 Å². The lowest BCUT2D eigenvalue weighted by atomic mass is 10.1. The molecule has 0 unspecified atom stereocenters. The van der Waals surface area contributed by atoms with Crippen molar-refractivity contribution in [1.29, 1.82) is 0 Å². The number of rotatable bonds is 7. The summed E-state index contributed by atoms with van der Waals surface area (Å²) in [6.07, 6.45) is -0.215. The molecule has 1 fully saturated rings. The van der Waals surface area contributed by atoms with E-state index >= 15 is 0 Å². The molecule has 0 aromatic heterocycles. The number of carboxylic acids is 1. The third-order valence-corrected chi connectivity index (χ3v) is 4.91. The summed E-state index contributed by atoms with van der Waals surface area (Å²) in [7, 11) is -3.61. The van der Waals surface area contributed by atoms with E-state index in [2.05, 4.69) is 4.72 Å². The predicted molar refractivity (Wildman–Crippen MR) is 83.8 cm³/mol. The van der Waals surface area contributed by atoms with E-state index in [1.165, 1.54) is 0 Å². The Morgan fingerprint density at radius 1 is 1.48 bits per heavy atom. The molecule has 23 heavy (non-hydrogen) atoms. The fourth-order valence-corrected chi connectivity index (χ4v) is 3.95. The Bertz CT molecular complexity index is 650. The first kappa shape index (κ1) is 18.2. The van der Waals surface area contributed by atoms with E-state index in [0.717, 1.165) is 0 Å². The fourth-order valence-electron chi connectivity index (χ4n) is 2.31. The minimum absolute atomic E-state index is 0.150. The Kier molecular flexibility index (Phi) is 6.37. The Balaban J connectivity index is 2.00. The molecule has 9 heteroatoms. The third-order valence-electron chi connectivity index (χ3n) is 3.30. The number of benzene rings is 1. The molecule has 128 valence electrons. The molecule has 1 aliphatic heterocycles. The number of carboxylic acid groups (broad SMARTS) is 1. The van der Waals surface area contributed by atoms with Crippen LogP contribution in [0.5, 0.6) is 0 Å². The molecule has 2 atom stereocenters. The highest BCUT2D eigenvalue weighted by Gasteiger charge is 2.30. The quantitative estimate of drug-likeness (QED) is 0.749. The average molecular weight is 364 g/mol. The van der Waals surface area contributed by atoms with Gasteiger partial charge in [-0.05, 0) is 24.1 Å². The lowest BCUT2D eigenvalue weighted by Crippen LogP contribution is -2.50. The molecule has 0 spiro atoms. The van der Waals surface area contributed by atoms with Crippen LogP contribution >= 0.6 is 11.6 Å². The number of hydrogen-bond acceptors (Lipinski definition) is 5. The van der Waals surface area contributed by atoms with Gasteiger partial charge in [-0.15, -0.1) is 0 Å². The van der Waals surface area contributed by atoms with Crippen LogP contribution in [0, 0.1) is 0 Å². The van der Waals surface area contributed by atoms with Gasteiger partial charge in [-0.1, -0.05) is 23.7 Å². The van der Waals surface area contributed by atoms with Crippen molar-refractivity contribution in [2.24, 2.45) is 0 Å². The Labute approximate surface area is 139 Å². The van der Waals surface area contributed by atoms with Crippen LogP contribution in [0.3, 0.4) is 0 Å².